The number of carboxylic acid groups (broad SMARTS) is 1. The number of carboxylic acids is 1. The number of carbonyl (C=O) groups excluding carboxylic acids is 1. The molecule has 1 rings (SSSR count). The van der Waals surface area contributed by atoms with Crippen molar-refractivity contribution in [1.29, 1.82) is 0 Å². The Bertz CT molecular complexity index is 493. The summed E-state index contributed by atoms with van der Waals surface area (Å²) in [5.41, 5.74) is 0. The molecule has 0 aliphatic rings. The van der Waals surface area contributed by atoms with E-state index in [2.05, 4.69) is 21.2 Å². The standard InChI is InChI=1S/C14H18BrNO4/c1-9(2)7-10(14(18)19)8-16-13(17)6-4-11-3-5-12(15)20-11/h3-6,9-10H,7-8H2,1-2H3,(H,16,17)(H,18,19)/b6-4+. The van der Waals surface area contributed by atoms with Crippen LogP contribution in [0, 0.1) is 11.8 Å². The van der Waals surface area contributed by atoms with Crippen LogP contribution in [-0.2, 0) is 9.59 Å². The molecular weight excluding hydrogens is 326 g/mol. The van der Waals surface area contributed by atoms with E-state index in [4.69, 9.17) is 9.52 Å². The van der Waals surface area contributed by atoms with Crippen LogP contribution in [0.15, 0.2) is 27.3 Å². The van der Waals surface area contributed by atoms with Gasteiger partial charge >= 0.3 is 5.97 Å². The SMILES string of the molecule is CC(C)CC(CNC(=O)/C=C/c1ccc(Br)o1)C(=O)O. The summed E-state index contributed by atoms with van der Waals surface area (Å²) in [6.45, 7) is 4.03. The van der Waals surface area contributed by atoms with Crippen molar-refractivity contribution in [3.63, 3.8) is 0 Å². The van der Waals surface area contributed by atoms with Crippen LogP contribution in [0.1, 0.15) is 26.0 Å². The summed E-state index contributed by atoms with van der Waals surface area (Å²) < 4.78 is 5.79. The zero-order chi connectivity index (χ0) is 15.1. The Balaban J connectivity index is 2.45. The summed E-state index contributed by atoms with van der Waals surface area (Å²) >= 11 is 3.16. The van der Waals surface area contributed by atoms with Crippen LogP contribution in [0.4, 0.5) is 0 Å². The molecule has 0 aliphatic heterocycles. The Morgan fingerprint density at radius 2 is 2.15 bits per heavy atom. The van der Waals surface area contributed by atoms with E-state index in [1.165, 1.54) is 12.2 Å². The van der Waals surface area contributed by atoms with Crippen LogP contribution in [-0.4, -0.2) is 23.5 Å². The van der Waals surface area contributed by atoms with Crippen LogP contribution in [0.5, 0.6) is 0 Å². The quantitative estimate of drug-likeness (QED) is 0.746. The van der Waals surface area contributed by atoms with Gasteiger partial charge in [0, 0.05) is 12.6 Å². The van der Waals surface area contributed by atoms with Crippen LogP contribution in [0.2, 0.25) is 0 Å². The molecule has 0 saturated heterocycles. The second-order valence-electron chi connectivity index (χ2n) is 4.89. The van der Waals surface area contributed by atoms with Gasteiger partial charge in [-0.1, -0.05) is 13.8 Å². The van der Waals surface area contributed by atoms with Gasteiger partial charge in [-0.2, -0.15) is 0 Å². The third-order valence-electron chi connectivity index (χ3n) is 2.62. The fraction of sp³-hybridized carbons (Fsp3) is 0.429. The van der Waals surface area contributed by atoms with Crippen molar-refractivity contribution < 1.29 is 19.1 Å². The lowest BCUT2D eigenvalue weighted by atomic mass is 9.97. The van der Waals surface area contributed by atoms with Gasteiger partial charge in [-0.3, -0.25) is 9.59 Å². The van der Waals surface area contributed by atoms with Gasteiger partial charge in [0.05, 0.1) is 5.92 Å². The number of nitrogens with one attached hydrogen (secondary N) is 1. The smallest absolute Gasteiger partial charge is 0.308 e. The molecule has 1 aromatic rings. The van der Waals surface area contributed by atoms with E-state index >= 15 is 0 Å². The van der Waals surface area contributed by atoms with Crippen LogP contribution in [0.3, 0.4) is 0 Å². The first-order chi connectivity index (χ1) is 9.38. The van der Waals surface area contributed by atoms with Gasteiger partial charge < -0.3 is 14.8 Å². The van der Waals surface area contributed by atoms with E-state index in [9.17, 15) is 9.59 Å². The molecular formula is C14H18BrNO4. The van der Waals surface area contributed by atoms with Gasteiger partial charge in [0.25, 0.3) is 0 Å². The highest BCUT2D eigenvalue weighted by atomic mass is 79.9. The predicted molar refractivity (Wildman–Crippen MR) is 79.0 cm³/mol. The summed E-state index contributed by atoms with van der Waals surface area (Å²) in [6.07, 6.45) is 3.38. The number of halogens is 1. The highest BCUT2D eigenvalue weighted by Crippen LogP contribution is 2.15. The lowest BCUT2D eigenvalue weighted by molar-refractivity contribution is -0.142. The maximum Gasteiger partial charge on any atom is 0.308 e. The fourth-order valence-corrected chi connectivity index (χ4v) is 2.02. The summed E-state index contributed by atoms with van der Waals surface area (Å²) in [5.74, 6) is -0.983. The second-order valence-corrected chi connectivity index (χ2v) is 5.67. The number of hydrogen-bond donors (Lipinski definition) is 2. The van der Waals surface area contributed by atoms with Gasteiger partial charge in [-0.25, -0.2) is 0 Å². The van der Waals surface area contributed by atoms with E-state index in [1.54, 1.807) is 12.1 Å². The normalized spacial score (nSPS) is 12.8. The van der Waals surface area contributed by atoms with E-state index < -0.39 is 11.9 Å². The van der Waals surface area contributed by atoms with Crippen molar-refractivity contribution >= 4 is 33.9 Å². The molecule has 0 radical (unpaired) electrons. The molecule has 1 atom stereocenters. The number of furan rings is 1. The summed E-state index contributed by atoms with van der Waals surface area (Å²) in [6, 6.07) is 3.44. The topological polar surface area (TPSA) is 79.5 Å². The van der Waals surface area contributed by atoms with Crippen molar-refractivity contribution in [1.82, 2.24) is 5.32 Å². The number of amides is 1. The molecule has 1 aromatic heterocycles. The monoisotopic (exact) mass is 343 g/mol. The molecule has 6 heteroatoms. The lowest BCUT2D eigenvalue weighted by Gasteiger charge is -2.14. The molecule has 110 valence electrons. The Morgan fingerprint density at radius 1 is 1.45 bits per heavy atom. The van der Waals surface area contributed by atoms with E-state index in [1.807, 2.05) is 13.8 Å². The minimum absolute atomic E-state index is 0.124. The molecule has 20 heavy (non-hydrogen) atoms. The highest BCUT2D eigenvalue weighted by molar-refractivity contribution is 9.10. The Kier molecular flexibility index (Phi) is 6.51. The van der Waals surface area contributed by atoms with Crippen molar-refractivity contribution in [3.05, 3.63) is 28.6 Å². The van der Waals surface area contributed by atoms with Crippen LogP contribution >= 0.6 is 15.9 Å². The maximum absolute atomic E-state index is 11.6. The van der Waals surface area contributed by atoms with Crippen molar-refractivity contribution in [2.24, 2.45) is 11.8 Å². The molecule has 0 spiro atoms. The molecule has 0 aromatic carbocycles. The minimum atomic E-state index is -0.891. The van der Waals surface area contributed by atoms with E-state index in [0.717, 1.165) is 0 Å². The zero-order valence-corrected chi connectivity index (χ0v) is 13.0. The van der Waals surface area contributed by atoms with Crippen molar-refractivity contribution in [3.8, 4) is 0 Å². The number of aliphatic carboxylic acids is 1. The number of carbonyl (C=O) groups is 2. The third-order valence-corrected chi connectivity index (χ3v) is 3.05. The van der Waals surface area contributed by atoms with Crippen LogP contribution < -0.4 is 5.32 Å². The first-order valence-electron chi connectivity index (χ1n) is 6.32. The zero-order valence-electron chi connectivity index (χ0n) is 11.4. The van der Waals surface area contributed by atoms with Gasteiger partial charge in [0.15, 0.2) is 4.67 Å². The minimum Gasteiger partial charge on any atom is -0.481 e. The molecule has 0 saturated carbocycles. The summed E-state index contributed by atoms with van der Waals surface area (Å²) in [5, 5.41) is 11.6. The van der Waals surface area contributed by atoms with E-state index in [-0.39, 0.29) is 18.4 Å². The molecule has 0 aliphatic carbocycles. The molecule has 0 fully saturated rings. The average molecular weight is 344 g/mol. The van der Waals surface area contributed by atoms with E-state index in [0.29, 0.717) is 16.9 Å². The van der Waals surface area contributed by atoms with Gasteiger partial charge in [0.1, 0.15) is 5.76 Å². The summed E-state index contributed by atoms with van der Waals surface area (Å²) in [4.78, 5) is 22.6. The second kappa shape index (κ2) is 7.89. The highest BCUT2D eigenvalue weighted by Gasteiger charge is 2.19. The molecule has 5 nitrogen and oxygen atoms in total. The lowest BCUT2D eigenvalue weighted by Crippen LogP contribution is -2.32. The van der Waals surface area contributed by atoms with Gasteiger partial charge in [0.2, 0.25) is 5.91 Å². The Labute approximate surface area is 126 Å². The summed E-state index contributed by atoms with van der Waals surface area (Å²) in [7, 11) is 0. The fourth-order valence-electron chi connectivity index (χ4n) is 1.70. The first-order valence-corrected chi connectivity index (χ1v) is 7.12. The van der Waals surface area contributed by atoms with Crippen LogP contribution in [0.25, 0.3) is 6.08 Å². The Morgan fingerprint density at radius 3 is 2.65 bits per heavy atom. The first kappa shape index (κ1) is 16.5. The molecule has 1 unspecified atom stereocenters. The number of hydrogen-bond acceptors (Lipinski definition) is 3. The predicted octanol–water partition coefficient (Wildman–Crippen LogP) is 2.92. The molecule has 2 N–H and O–H groups in total. The molecule has 1 heterocycles. The van der Waals surface area contributed by atoms with Crippen molar-refractivity contribution in [2.75, 3.05) is 6.54 Å². The Hall–Kier alpha value is -1.56. The molecule has 1 amide bonds. The van der Waals surface area contributed by atoms with Crippen molar-refractivity contribution in [2.45, 2.75) is 20.3 Å². The average Bonchev–Trinajstić information content (AvgIpc) is 2.77. The molecule has 0 bridgehead atoms. The van der Waals surface area contributed by atoms with Gasteiger partial charge in [-0.15, -0.1) is 0 Å². The largest absolute Gasteiger partial charge is 0.481 e. The third kappa shape index (κ3) is 6.06. The van der Waals surface area contributed by atoms with Gasteiger partial charge in [-0.05, 0) is 46.5 Å². The number of rotatable bonds is 7. The maximum atomic E-state index is 11.6.